The maximum Gasteiger partial charge on any atom is 0.293 e. The van der Waals surface area contributed by atoms with E-state index in [1.165, 1.54) is 18.1 Å². The quantitative estimate of drug-likeness (QED) is 0.305. The summed E-state index contributed by atoms with van der Waals surface area (Å²) in [6.45, 7) is 0.655. The number of imide groups is 1. The van der Waals surface area contributed by atoms with Gasteiger partial charge in [-0.15, -0.1) is 0 Å². The summed E-state index contributed by atoms with van der Waals surface area (Å²) in [5, 5.41) is -0.299. The standard InChI is InChI=1S/C20H16FI2NO4S/c1-27-7-6-24-19(25)17(29-20(24)26)10-12-8-15(22)18(16(23)9-12)28-11-13-4-2-3-5-14(13)21/h2-5,8-10H,6-7,11H2,1H3/b17-10+. The first-order valence-corrected chi connectivity index (χ1v) is 11.5. The van der Waals surface area contributed by atoms with Gasteiger partial charge in [-0.1, -0.05) is 18.2 Å². The van der Waals surface area contributed by atoms with Crippen molar-refractivity contribution in [1.82, 2.24) is 4.90 Å². The van der Waals surface area contributed by atoms with Gasteiger partial charge < -0.3 is 9.47 Å². The summed E-state index contributed by atoms with van der Waals surface area (Å²) in [7, 11) is 1.52. The van der Waals surface area contributed by atoms with Crippen molar-refractivity contribution < 1.29 is 23.5 Å². The Morgan fingerprint density at radius 3 is 2.52 bits per heavy atom. The van der Waals surface area contributed by atoms with Crippen molar-refractivity contribution in [3.8, 4) is 5.75 Å². The zero-order valence-electron chi connectivity index (χ0n) is 15.3. The van der Waals surface area contributed by atoms with Crippen LogP contribution < -0.4 is 4.74 Å². The second kappa shape index (κ2) is 10.2. The maximum atomic E-state index is 13.8. The highest BCUT2D eigenvalue weighted by atomic mass is 127. The fraction of sp³-hybridized carbons (Fsp3) is 0.200. The molecule has 5 nitrogen and oxygen atoms in total. The molecule has 152 valence electrons. The molecule has 0 saturated carbocycles. The van der Waals surface area contributed by atoms with Crippen LogP contribution in [0.1, 0.15) is 11.1 Å². The number of carbonyl (C=O) groups excluding carboxylic acids is 2. The van der Waals surface area contributed by atoms with Crippen LogP contribution in [0.15, 0.2) is 41.3 Å². The normalized spacial score (nSPS) is 15.4. The van der Waals surface area contributed by atoms with Gasteiger partial charge in [-0.3, -0.25) is 14.5 Å². The molecule has 1 saturated heterocycles. The average molecular weight is 639 g/mol. The van der Waals surface area contributed by atoms with Gasteiger partial charge in [-0.2, -0.15) is 0 Å². The predicted octanol–water partition coefficient (Wildman–Crippen LogP) is 5.30. The SMILES string of the molecule is COCCN1C(=O)S/C(=C/c2cc(I)c(OCc3ccccc3F)c(I)c2)C1=O. The highest BCUT2D eigenvalue weighted by Gasteiger charge is 2.34. The van der Waals surface area contributed by atoms with E-state index in [2.05, 4.69) is 45.2 Å². The molecular formula is C20H16FI2NO4S. The number of ether oxygens (including phenoxy) is 2. The van der Waals surface area contributed by atoms with E-state index >= 15 is 0 Å². The zero-order chi connectivity index (χ0) is 21.0. The van der Waals surface area contributed by atoms with E-state index in [0.29, 0.717) is 22.8 Å². The first kappa shape index (κ1) is 22.5. The van der Waals surface area contributed by atoms with E-state index in [9.17, 15) is 14.0 Å². The number of benzene rings is 2. The lowest BCUT2D eigenvalue weighted by Gasteiger charge is -2.12. The number of hydrogen-bond donors (Lipinski definition) is 0. The number of rotatable bonds is 7. The summed E-state index contributed by atoms with van der Waals surface area (Å²) in [5.41, 5.74) is 1.27. The van der Waals surface area contributed by atoms with Gasteiger partial charge in [0.15, 0.2) is 0 Å². The minimum Gasteiger partial charge on any atom is -0.487 e. The highest BCUT2D eigenvalue weighted by Crippen LogP contribution is 2.35. The summed E-state index contributed by atoms with van der Waals surface area (Å²) in [6, 6.07) is 10.2. The summed E-state index contributed by atoms with van der Waals surface area (Å²) >= 11 is 5.20. The van der Waals surface area contributed by atoms with E-state index in [4.69, 9.17) is 9.47 Å². The van der Waals surface area contributed by atoms with Crippen molar-refractivity contribution in [3.05, 3.63) is 65.4 Å². The number of methoxy groups -OCH3 is 1. The van der Waals surface area contributed by atoms with Crippen LogP contribution in [0.25, 0.3) is 6.08 Å². The molecule has 2 aromatic carbocycles. The monoisotopic (exact) mass is 639 g/mol. The topological polar surface area (TPSA) is 55.8 Å². The first-order chi connectivity index (χ1) is 13.9. The molecule has 29 heavy (non-hydrogen) atoms. The second-order valence-corrected chi connectivity index (χ2v) is 9.34. The Hall–Kier alpha value is -1.18. The van der Waals surface area contributed by atoms with Gasteiger partial charge >= 0.3 is 0 Å². The highest BCUT2D eigenvalue weighted by molar-refractivity contribution is 14.1. The Morgan fingerprint density at radius 2 is 1.86 bits per heavy atom. The number of nitrogens with zero attached hydrogens (tertiary/aromatic N) is 1. The molecular weight excluding hydrogens is 623 g/mol. The fourth-order valence-electron chi connectivity index (χ4n) is 2.59. The van der Waals surface area contributed by atoms with Gasteiger partial charge in [0.05, 0.1) is 25.2 Å². The lowest BCUT2D eigenvalue weighted by molar-refractivity contribution is -0.123. The number of amides is 2. The van der Waals surface area contributed by atoms with E-state index < -0.39 is 0 Å². The summed E-state index contributed by atoms with van der Waals surface area (Å²) < 4.78 is 26.2. The van der Waals surface area contributed by atoms with Gasteiger partial charge in [0, 0.05) is 12.7 Å². The minimum atomic E-state index is -0.318. The van der Waals surface area contributed by atoms with Crippen LogP contribution in [0, 0.1) is 13.0 Å². The molecule has 2 amide bonds. The van der Waals surface area contributed by atoms with Crippen molar-refractivity contribution in [2.75, 3.05) is 20.3 Å². The molecule has 3 rings (SSSR count). The van der Waals surface area contributed by atoms with Crippen LogP contribution in [0.2, 0.25) is 0 Å². The zero-order valence-corrected chi connectivity index (χ0v) is 20.4. The Kier molecular flexibility index (Phi) is 7.93. The van der Waals surface area contributed by atoms with Crippen LogP contribution in [-0.2, 0) is 16.1 Å². The Morgan fingerprint density at radius 1 is 1.17 bits per heavy atom. The molecule has 0 bridgehead atoms. The largest absolute Gasteiger partial charge is 0.487 e. The van der Waals surface area contributed by atoms with Crippen LogP contribution in [0.5, 0.6) is 5.75 Å². The van der Waals surface area contributed by atoms with E-state index in [1.807, 2.05) is 12.1 Å². The van der Waals surface area contributed by atoms with Gasteiger partial charge in [0.1, 0.15) is 18.2 Å². The Balaban J connectivity index is 1.77. The van der Waals surface area contributed by atoms with Crippen molar-refractivity contribution in [2.24, 2.45) is 0 Å². The van der Waals surface area contributed by atoms with Gasteiger partial charge in [-0.25, -0.2) is 4.39 Å². The molecule has 1 heterocycles. The molecule has 0 aromatic heterocycles. The molecule has 0 atom stereocenters. The summed E-state index contributed by atoms with van der Waals surface area (Å²) in [4.78, 5) is 26.1. The molecule has 0 unspecified atom stereocenters. The molecule has 2 aromatic rings. The number of carbonyl (C=O) groups is 2. The molecule has 1 fully saturated rings. The fourth-order valence-corrected chi connectivity index (χ4v) is 5.59. The minimum absolute atomic E-state index is 0.121. The lowest BCUT2D eigenvalue weighted by atomic mass is 10.2. The van der Waals surface area contributed by atoms with Crippen LogP contribution in [0.3, 0.4) is 0 Å². The third-order valence-electron chi connectivity index (χ3n) is 4.04. The second-order valence-electron chi connectivity index (χ2n) is 6.02. The predicted molar refractivity (Wildman–Crippen MR) is 127 cm³/mol. The Labute approximate surface area is 199 Å². The van der Waals surface area contributed by atoms with E-state index in [1.54, 1.807) is 24.3 Å². The summed E-state index contributed by atoms with van der Waals surface area (Å²) in [6.07, 6.45) is 1.70. The van der Waals surface area contributed by atoms with Crippen molar-refractivity contribution >= 4 is 74.2 Å². The molecule has 9 heteroatoms. The third kappa shape index (κ3) is 5.50. The smallest absolute Gasteiger partial charge is 0.293 e. The number of hydrogen-bond acceptors (Lipinski definition) is 5. The molecule has 1 aliphatic heterocycles. The van der Waals surface area contributed by atoms with Gasteiger partial charge in [0.25, 0.3) is 11.1 Å². The average Bonchev–Trinajstić information content (AvgIpc) is 2.93. The number of halogens is 3. The van der Waals surface area contributed by atoms with E-state index in [0.717, 1.165) is 24.5 Å². The van der Waals surface area contributed by atoms with Gasteiger partial charge in [-0.05, 0) is 86.8 Å². The molecule has 0 spiro atoms. The van der Waals surface area contributed by atoms with Crippen LogP contribution in [-0.4, -0.2) is 36.3 Å². The lowest BCUT2D eigenvalue weighted by Crippen LogP contribution is -2.31. The van der Waals surface area contributed by atoms with Crippen LogP contribution >= 0.6 is 56.9 Å². The van der Waals surface area contributed by atoms with Crippen LogP contribution in [0.4, 0.5) is 9.18 Å². The molecule has 0 N–H and O–H groups in total. The van der Waals surface area contributed by atoms with Crippen molar-refractivity contribution in [1.29, 1.82) is 0 Å². The summed E-state index contributed by atoms with van der Waals surface area (Å²) in [5.74, 6) is 0.0279. The van der Waals surface area contributed by atoms with Gasteiger partial charge in [0.2, 0.25) is 0 Å². The molecule has 1 aliphatic rings. The molecule has 0 aliphatic carbocycles. The Bertz CT molecular complexity index is 960. The third-order valence-corrected chi connectivity index (χ3v) is 6.55. The maximum absolute atomic E-state index is 13.8. The molecule has 0 radical (unpaired) electrons. The number of thioether (sulfide) groups is 1. The van der Waals surface area contributed by atoms with E-state index in [-0.39, 0.29) is 30.1 Å². The first-order valence-electron chi connectivity index (χ1n) is 8.50. The van der Waals surface area contributed by atoms with Crippen molar-refractivity contribution in [2.45, 2.75) is 6.61 Å². The van der Waals surface area contributed by atoms with Crippen molar-refractivity contribution in [3.63, 3.8) is 0 Å².